The first-order valence-corrected chi connectivity index (χ1v) is 18.5. The quantitative estimate of drug-likeness (QED) is 0.162. The molecule has 55 heavy (non-hydrogen) atoms. The van der Waals surface area contributed by atoms with Gasteiger partial charge in [-0.25, -0.2) is 15.0 Å². The van der Waals surface area contributed by atoms with E-state index in [1.807, 2.05) is 73.8 Å². The van der Waals surface area contributed by atoms with Crippen LogP contribution in [-0.4, -0.2) is 19.9 Å². The van der Waals surface area contributed by atoms with Gasteiger partial charge in [0.25, 0.3) is 0 Å². The summed E-state index contributed by atoms with van der Waals surface area (Å²) in [5.74, 6) is 1.88. The molecule has 258 valence electrons. The predicted octanol–water partition coefficient (Wildman–Crippen LogP) is 13.0. The van der Waals surface area contributed by atoms with E-state index in [9.17, 15) is 0 Å². The molecule has 0 spiro atoms. The third kappa shape index (κ3) is 6.10. The molecule has 0 radical (unpaired) electrons. The Morgan fingerprint density at radius 3 is 1.22 bits per heavy atom. The van der Waals surface area contributed by atoms with Gasteiger partial charge in [-0.05, 0) is 103 Å². The van der Waals surface area contributed by atoms with Gasteiger partial charge in [0.2, 0.25) is 0 Å². The molecule has 4 nitrogen and oxygen atoms in total. The van der Waals surface area contributed by atoms with Crippen molar-refractivity contribution in [3.8, 4) is 67.5 Å². The van der Waals surface area contributed by atoms with Gasteiger partial charge in [-0.1, -0.05) is 146 Å². The molecule has 2 aromatic heterocycles. The van der Waals surface area contributed by atoms with E-state index in [0.29, 0.717) is 17.5 Å². The molecule has 0 aliphatic carbocycles. The van der Waals surface area contributed by atoms with Crippen LogP contribution in [0.1, 0.15) is 5.69 Å². The highest BCUT2D eigenvalue weighted by Gasteiger charge is 2.16. The molecule has 8 aromatic carbocycles. The minimum absolute atomic E-state index is 0.618. The normalized spacial score (nSPS) is 11.4. The molecule has 0 bridgehead atoms. The zero-order valence-electron chi connectivity index (χ0n) is 30.2. The average molecular weight is 703 g/mol. The zero-order chi connectivity index (χ0) is 36.7. The maximum absolute atomic E-state index is 5.14. The Labute approximate surface area is 319 Å². The fourth-order valence-corrected chi connectivity index (χ4v) is 7.63. The molecule has 4 heteroatoms. The minimum atomic E-state index is 0.618. The van der Waals surface area contributed by atoms with E-state index < -0.39 is 0 Å². The van der Waals surface area contributed by atoms with Crippen molar-refractivity contribution in [1.82, 2.24) is 19.9 Å². The molecule has 10 rings (SSSR count). The first-order valence-electron chi connectivity index (χ1n) is 18.5. The number of fused-ring (bicyclic) bond motifs is 6. The lowest BCUT2D eigenvalue weighted by Crippen LogP contribution is -2.00. The van der Waals surface area contributed by atoms with Crippen molar-refractivity contribution in [2.75, 3.05) is 0 Å². The smallest absolute Gasteiger partial charge is 0.164 e. The van der Waals surface area contributed by atoms with Gasteiger partial charge in [0.1, 0.15) is 0 Å². The van der Waals surface area contributed by atoms with Gasteiger partial charge in [-0.3, -0.25) is 4.98 Å². The Hall–Kier alpha value is -7.30. The lowest BCUT2D eigenvalue weighted by atomic mass is 9.90. The molecule has 2 heterocycles. The van der Waals surface area contributed by atoms with E-state index in [1.165, 1.54) is 32.3 Å². The van der Waals surface area contributed by atoms with Gasteiger partial charge in [0, 0.05) is 34.1 Å². The Balaban J connectivity index is 1.21. The largest absolute Gasteiger partial charge is 0.261 e. The minimum Gasteiger partial charge on any atom is -0.261 e. The van der Waals surface area contributed by atoms with E-state index in [0.717, 1.165) is 55.8 Å². The summed E-state index contributed by atoms with van der Waals surface area (Å²) >= 11 is 0. The van der Waals surface area contributed by atoms with Crippen LogP contribution < -0.4 is 0 Å². The van der Waals surface area contributed by atoms with Crippen LogP contribution in [0.15, 0.2) is 188 Å². The van der Waals surface area contributed by atoms with Crippen LogP contribution in [0.3, 0.4) is 0 Å². The second-order valence-corrected chi connectivity index (χ2v) is 14.0. The summed E-state index contributed by atoms with van der Waals surface area (Å²) in [7, 11) is 0. The number of rotatable bonds is 6. The summed E-state index contributed by atoms with van der Waals surface area (Å²) in [5.41, 5.74) is 10.3. The standard InChI is InChI=1S/C51H34N4/c1-33-23-24-39(32-52-33)36-17-12-18-37(27-36)40-28-41(38-25-26-47-45-21-9-8-19-43(45)44-20-10-11-22-46(44)48(47)31-38)30-42(29-40)51-54-49(34-13-4-2-5-14-34)53-50(55-51)35-15-6-3-7-16-35/h2-32H,1H3. The molecule has 0 saturated carbocycles. The number of nitrogens with zero attached hydrogens (tertiary/aromatic N) is 4. The van der Waals surface area contributed by atoms with Crippen LogP contribution >= 0.6 is 0 Å². The summed E-state index contributed by atoms with van der Waals surface area (Å²) in [6, 6.07) is 64.2. The third-order valence-corrected chi connectivity index (χ3v) is 10.4. The lowest BCUT2D eigenvalue weighted by Gasteiger charge is -2.15. The molecule has 0 N–H and O–H groups in total. The molecule has 0 amide bonds. The van der Waals surface area contributed by atoms with Crippen LogP contribution in [0, 0.1) is 6.92 Å². The van der Waals surface area contributed by atoms with E-state index in [4.69, 9.17) is 15.0 Å². The highest BCUT2D eigenvalue weighted by atomic mass is 15.0. The van der Waals surface area contributed by atoms with Crippen molar-refractivity contribution in [2.45, 2.75) is 6.92 Å². The maximum atomic E-state index is 5.14. The topological polar surface area (TPSA) is 51.6 Å². The Bertz CT molecular complexity index is 2940. The molecule has 0 aliphatic heterocycles. The van der Waals surface area contributed by atoms with Crippen LogP contribution in [0.25, 0.3) is 99.9 Å². The number of benzene rings is 8. The van der Waals surface area contributed by atoms with E-state index in [1.54, 1.807) is 0 Å². The number of hydrogen-bond donors (Lipinski definition) is 0. The Morgan fingerprint density at radius 1 is 0.273 bits per heavy atom. The van der Waals surface area contributed by atoms with Crippen LogP contribution in [0.5, 0.6) is 0 Å². The fourth-order valence-electron chi connectivity index (χ4n) is 7.63. The first-order chi connectivity index (χ1) is 27.1. The number of aryl methyl sites for hydroxylation is 1. The summed E-state index contributed by atoms with van der Waals surface area (Å²) in [5, 5.41) is 7.49. The molecular formula is C51H34N4. The van der Waals surface area contributed by atoms with Gasteiger partial charge in [-0.15, -0.1) is 0 Å². The molecule has 0 atom stereocenters. The van der Waals surface area contributed by atoms with E-state index in [2.05, 4.69) is 126 Å². The van der Waals surface area contributed by atoms with Gasteiger partial charge >= 0.3 is 0 Å². The zero-order valence-corrected chi connectivity index (χ0v) is 30.2. The third-order valence-electron chi connectivity index (χ3n) is 10.4. The van der Waals surface area contributed by atoms with Crippen LogP contribution in [0.2, 0.25) is 0 Å². The maximum Gasteiger partial charge on any atom is 0.164 e. The molecule has 0 saturated heterocycles. The van der Waals surface area contributed by atoms with Crippen molar-refractivity contribution >= 4 is 32.3 Å². The molecular weight excluding hydrogens is 669 g/mol. The fraction of sp³-hybridized carbons (Fsp3) is 0.0196. The molecule has 0 aliphatic rings. The average Bonchev–Trinajstić information content (AvgIpc) is 3.27. The summed E-state index contributed by atoms with van der Waals surface area (Å²) in [6.07, 6.45) is 1.94. The van der Waals surface area contributed by atoms with Crippen LogP contribution in [0.4, 0.5) is 0 Å². The van der Waals surface area contributed by atoms with Gasteiger partial charge < -0.3 is 0 Å². The molecule has 0 fully saturated rings. The SMILES string of the molecule is Cc1ccc(-c2cccc(-c3cc(-c4ccc5c6ccccc6c6ccccc6c5c4)cc(-c4nc(-c5ccccc5)nc(-c5ccccc5)n4)c3)c2)cn1. The summed E-state index contributed by atoms with van der Waals surface area (Å²) < 4.78 is 0. The molecule has 0 unspecified atom stereocenters. The van der Waals surface area contributed by atoms with Crippen molar-refractivity contribution in [1.29, 1.82) is 0 Å². The second kappa shape index (κ2) is 13.6. The highest BCUT2D eigenvalue weighted by molar-refractivity contribution is 6.25. The van der Waals surface area contributed by atoms with Crippen molar-refractivity contribution in [3.05, 3.63) is 194 Å². The number of hydrogen-bond acceptors (Lipinski definition) is 4. The Kier molecular flexibility index (Phi) is 8.00. The summed E-state index contributed by atoms with van der Waals surface area (Å²) in [4.78, 5) is 19.8. The van der Waals surface area contributed by atoms with Crippen molar-refractivity contribution < 1.29 is 0 Å². The predicted molar refractivity (Wildman–Crippen MR) is 227 cm³/mol. The number of pyridine rings is 1. The van der Waals surface area contributed by atoms with Crippen molar-refractivity contribution in [3.63, 3.8) is 0 Å². The van der Waals surface area contributed by atoms with E-state index in [-0.39, 0.29) is 0 Å². The highest BCUT2D eigenvalue weighted by Crippen LogP contribution is 2.39. The number of aromatic nitrogens is 4. The monoisotopic (exact) mass is 702 g/mol. The molecule has 10 aromatic rings. The van der Waals surface area contributed by atoms with Crippen molar-refractivity contribution in [2.24, 2.45) is 0 Å². The van der Waals surface area contributed by atoms with Gasteiger partial charge in [0.05, 0.1) is 0 Å². The second-order valence-electron chi connectivity index (χ2n) is 14.0. The summed E-state index contributed by atoms with van der Waals surface area (Å²) in [6.45, 7) is 2.01. The first kappa shape index (κ1) is 32.4. The van der Waals surface area contributed by atoms with Gasteiger partial charge in [-0.2, -0.15) is 0 Å². The Morgan fingerprint density at radius 2 is 0.673 bits per heavy atom. The van der Waals surface area contributed by atoms with E-state index >= 15 is 0 Å². The lowest BCUT2D eigenvalue weighted by molar-refractivity contribution is 1.07. The van der Waals surface area contributed by atoms with Gasteiger partial charge in [0.15, 0.2) is 17.5 Å². The van der Waals surface area contributed by atoms with Crippen LogP contribution in [-0.2, 0) is 0 Å².